The Bertz CT molecular complexity index is 1070. The van der Waals surface area contributed by atoms with E-state index in [2.05, 4.69) is 5.32 Å². The molecule has 1 heterocycles. The summed E-state index contributed by atoms with van der Waals surface area (Å²) in [7, 11) is -3.75. The van der Waals surface area contributed by atoms with Crippen LogP contribution in [0.3, 0.4) is 0 Å². The molecule has 1 aliphatic rings. The van der Waals surface area contributed by atoms with Gasteiger partial charge in [0.25, 0.3) is 0 Å². The molecule has 1 N–H and O–H groups in total. The van der Waals surface area contributed by atoms with E-state index in [1.807, 2.05) is 0 Å². The Labute approximate surface area is 181 Å². The highest BCUT2D eigenvalue weighted by Gasteiger charge is 2.30. The lowest BCUT2D eigenvalue weighted by atomic mass is 10.1. The van der Waals surface area contributed by atoms with Crippen molar-refractivity contribution in [3.8, 4) is 0 Å². The van der Waals surface area contributed by atoms with E-state index in [1.54, 1.807) is 48.2 Å². The minimum atomic E-state index is -3.75. The van der Waals surface area contributed by atoms with Crippen molar-refractivity contribution in [2.75, 3.05) is 27.3 Å². The first-order valence-corrected chi connectivity index (χ1v) is 11.8. The van der Waals surface area contributed by atoms with Crippen LogP contribution in [0.1, 0.15) is 25.3 Å². The maximum absolute atomic E-state index is 12.8. The van der Waals surface area contributed by atoms with Gasteiger partial charge in [0.05, 0.1) is 11.9 Å². The number of nitrogens with one attached hydrogen (secondary N) is 1. The van der Waals surface area contributed by atoms with E-state index in [0.717, 1.165) is 22.7 Å². The van der Waals surface area contributed by atoms with Gasteiger partial charge in [0, 0.05) is 29.4 Å². The van der Waals surface area contributed by atoms with Crippen LogP contribution >= 0.6 is 11.6 Å². The maximum Gasteiger partial charge on any atom is 0.247 e. The number of carbonyl (C=O) groups is 2. The molecule has 30 heavy (non-hydrogen) atoms. The molecule has 9 heteroatoms. The summed E-state index contributed by atoms with van der Waals surface area (Å²) in [5.74, 6) is -0.397. The summed E-state index contributed by atoms with van der Waals surface area (Å²) in [5, 5.41) is 3.12. The van der Waals surface area contributed by atoms with Crippen LogP contribution in [0, 0.1) is 6.92 Å². The third-order valence-corrected chi connectivity index (χ3v) is 6.48. The molecule has 1 unspecified atom stereocenters. The van der Waals surface area contributed by atoms with Gasteiger partial charge >= 0.3 is 0 Å². The lowest BCUT2D eigenvalue weighted by Gasteiger charge is -2.29. The normalized spacial score (nSPS) is 15.2. The number of hydrogen-bond acceptors (Lipinski definition) is 4. The summed E-state index contributed by atoms with van der Waals surface area (Å²) >= 11 is 6.05. The number of benzene rings is 2. The smallest absolute Gasteiger partial charge is 0.247 e. The van der Waals surface area contributed by atoms with Crippen molar-refractivity contribution < 1.29 is 18.0 Å². The molecular formula is C21H24ClN3O4S. The number of hydrogen-bond donors (Lipinski definition) is 1. The lowest BCUT2D eigenvalue weighted by molar-refractivity contribution is -0.117. The highest BCUT2D eigenvalue weighted by Crippen LogP contribution is 2.29. The summed E-state index contributed by atoms with van der Waals surface area (Å²) in [6.45, 7) is 3.96. The van der Waals surface area contributed by atoms with E-state index in [4.69, 9.17) is 11.6 Å². The van der Waals surface area contributed by atoms with Gasteiger partial charge in [-0.1, -0.05) is 17.7 Å². The molecule has 0 radical (unpaired) electrons. The maximum atomic E-state index is 12.8. The molecule has 1 saturated heterocycles. The fraction of sp³-hybridized carbons (Fsp3) is 0.333. The largest absolute Gasteiger partial charge is 0.324 e. The Hall–Kier alpha value is -2.58. The van der Waals surface area contributed by atoms with Crippen molar-refractivity contribution in [2.45, 2.75) is 32.7 Å². The van der Waals surface area contributed by atoms with E-state index in [0.29, 0.717) is 34.9 Å². The lowest BCUT2D eigenvalue weighted by Crippen LogP contribution is -2.45. The van der Waals surface area contributed by atoms with Gasteiger partial charge in [-0.2, -0.15) is 0 Å². The molecule has 3 rings (SSSR count). The number of amides is 2. The number of aryl methyl sites for hydroxylation is 1. The van der Waals surface area contributed by atoms with Gasteiger partial charge in [-0.3, -0.25) is 13.9 Å². The van der Waals surface area contributed by atoms with Crippen LogP contribution in [-0.2, 0) is 19.6 Å². The van der Waals surface area contributed by atoms with Crippen molar-refractivity contribution in [3.63, 3.8) is 0 Å². The molecule has 0 aromatic heterocycles. The van der Waals surface area contributed by atoms with Crippen molar-refractivity contribution in [3.05, 3.63) is 53.1 Å². The predicted octanol–water partition coefficient (Wildman–Crippen LogP) is 3.57. The third kappa shape index (κ3) is 4.76. The molecule has 0 aliphatic carbocycles. The zero-order valence-electron chi connectivity index (χ0n) is 17.1. The molecule has 0 bridgehead atoms. The van der Waals surface area contributed by atoms with Gasteiger partial charge in [0.2, 0.25) is 21.8 Å². The van der Waals surface area contributed by atoms with Crippen molar-refractivity contribution in [1.82, 2.24) is 0 Å². The minimum absolute atomic E-state index is 0.0843. The van der Waals surface area contributed by atoms with Crippen molar-refractivity contribution >= 4 is 50.5 Å². The molecular weight excluding hydrogens is 426 g/mol. The second-order valence-electron chi connectivity index (χ2n) is 7.35. The van der Waals surface area contributed by atoms with Gasteiger partial charge in [0.15, 0.2) is 0 Å². The van der Waals surface area contributed by atoms with Gasteiger partial charge in [-0.05, 0) is 62.2 Å². The highest BCUT2D eigenvalue weighted by atomic mass is 35.5. The van der Waals surface area contributed by atoms with E-state index in [-0.39, 0.29) is 5.91 Å². The van der Waals surface area contributed by atoms with Gasteiger partial charge in [-0.15, -0.1) is 0 Å². The number of rotatable bonds is 6. The Morgan fingerprint density at radius 3 is 2.43 bits per heavy atom. The monoisotopic (exact) mass is 449 g/mol. The topological polar surface area (TPSA) is 86.8 Å². The van der Waals surface area contributed by atoms with Crippen LogP contribution < -0.4 is 14.5 Å². The van der Waals surface area contributed by atoms with E-state index in [1.165, 1.54) is 13.0 Å². The Morgan fingerprint density at radius 1 is 1.20 bits per heavy atom. The second kappa shape index (κ2) is 8.65. The molecule has 2 amide bonds. The number of nitrogens with zero attached hydrogens (tertiary/aromatic N) is 2. The minimum Gasteiger partial charge on any atom is -0.324 e. The average molecular weight is 450 g/mol. The quantitative estimate of drug-likeness (QED) is 0.730. The Kier molecular flexibility index (Phi) is 6.38. The van der Waals surface area contributed by atoms with Crippen LogP contribution in [0.25, 0.3) is 0 Å². The van der Waals surface area contributed by atoms with Gasteiger partial charge < -0.3 is 10.2 Å². The first-order valence-electron chi connectivity index (χ1n) is 9.55. The summed E-state index contributed by atoms with van der Waals surface area (Å²) in [6.07, 6.45) is 2.43. The molecule has 7 nitrogen and oxygen atoms in total. The molecule has 1 fully saturated rings. The van der Waals surface area contributed by atoms with Crippen molar-refractivity contribution in [2.24, 2.45) is 0 Å². The number of carbonyl (C=O) groups excluding carboxylic acids is 2. The standard InChI is InChI=1S/C21H24ClN3O4S/c1-14-6-7-16(22)13-19(14)25(30(3,28)29)15(2)21(27)23-17-8-10-18(11-9-17)24-12-4-5-20(24)26/h6-11,13,15H,4-5,12H2,1-3H3,(H,23,27). The van der Waals surface area contributed by atoms with E-state index < -0.39 is 22.0 Å². The fourth-order valence-corrected chi connectivity index (χ4v) is 4.88. The summed E-state index contributed by atoms with van der Waals surface area (Å²) in [6, 6.07) is 10.8. The fourth-order valence-electron chi connectivity index (χ4n) is 3.49. The molecule has 1 aliphatic heterocycles. The summed E-state index contributed by atoms with van der Waals surface area (Å²) in [4.78, 5) is 26.4. The molecule has 1 atom stereocenters. The zero-order valence-corrected chi connectivity index (χ0v) is 18.6. The van der Waals surface area contributed by atoms with E-state index >= 15 is 0 Å². The number of anilines is 3. The number of halogens is 1. The molecule has 160 valence electrons. The second-order valence-corrected chi connectivity index (χ2v) is 9.65. The van der Waals surface area contributed by atoms with Crippen LogP contribution in [0.5, 0.6) is 0 Å². The van der Waals surface area contributed by atoms with Gasteiger partial charge in [-0.25, -0.2) is 8.42 Å². The van der Waals surface area contributed by atoms with E-state index in [9.17, 15) is 18.0 Å². The van der Waals surface area contributed by atoms with Gasteiger partial charge in [0.1, 0.15) is 6.04 Å². The SMILES string of the molecule is Cc1ccc(Cl)cc1N(C(C)C(=O)Nc1ccc(N2CCCC2=O)cc1)S(C)(=O)=O. The first kappa shape index (κ1) is 22.1. The number of sulfonamides is 1. The molecule has 0 saturated carbocycles. The van der Waals surface area contributed by atoms with Crippen LogP contribution in [0.2, 0.25) is 5.02 Å². The highest BCUT2D eigenvalue weighted by molar-refractivity contribution is 7.92. The summed E-state index contributed by atoms with van der Waals surface area (Å²) in [5.41, 5.74) is 2.33. The third-order valence-electron chi connectivity index (χ3n) is 5.02. The van der Waals surface area contributed by atoms with Crippen LogP contribution in [-0.4, -0.2) is 39.1 Å². The van der Waals surface area contributed by atoms with Crippen LogP contribution in [0.15, 0.2) is 42.5 Å². The summed E-state index contributed by atoms with van der Waals surface area (Å²) < 4.78 is 26.0. The Balaban J connectivity index is 1.80. The van der Waals surface area contributed by atoms with Crippen LogP contribution in [0.4, 0.5) is 17.1 Å². The average Bonchev–Trinajstić information content (AvgIpc) is 3.10. The first-order chi connectivity index (χ1) is 14.1. The van der Waals surface area contributed by atoms with Crippen molar-refractivity contribution in [1.29, 1.82) is 0 Å². The molecule has 0 spiro atoms. The zero-order chi connectivity index (χ0) is 22.1. The molecule has 2 aromatic rings. The predicted molar refractivity (Wildman–Crippen MR) is 120 cm³/mol. The molecule has 2 aromatic carbocycles. The Morgan fingerprint density at radius 2 is 1.87 bits per heavy atom.